The van der Waals surface area contributed by atoms with Crippen LogP contribution >= 0.6 is 0 Å². The van der Waals surface area contributed by atoms with Gasteiger partial charge in [-0.05, 0) is 51.8 Å². The smallest absolute Gasteiger partial charge is 0.336 e. The van der Waals surface area contributed by atoms with Crippen molar-refractivity contribution in [3.8, 4) is 0 Å². The number of carboxylic acid groups (broad SMARTS) is 2. The van der Waals surface area contributed by atoms with Gasteiger partial charge in [0.2, 0.25) is 0 Å². The number of carboxylic acids is 2. The van der Waals surface area contributed by atoms with Crippen molar-refractivity contribution in [1.82, 2.24) is 15.5 Å². The maximum atomic E-state index is 12.3. The van der Waals surface area contributed by atoms with Gasteiger partial charge in [0, 0.05) is 13.1 Å². The fourth-order valence-electron chi connectivity index (χ4n) is 2.24. The number of hydrogen-bond donors (Lipinski definition) is 4. The van der Waals surface area contributed by atoms with Gasteiger partial charge >= 0.3 is 11.9 Å². The van der Waals surface area contributed by atoms with Crippen molar-refractivity contribution in [1.29, 1.82) is 0 Å². The normalized spacial score (nSPS) is 10.7. The first-order valence-corrected chi connectivity index (χ1v) is 7.49. The van der Waals surface area contributed by atoms with E-state index in [1.807, 2.05) is 19.0 Å². The number of aromatic carboxylic acids is 2. The van der Waals surface area contributed by atoms with Crippen LogP contribution in [-0.4, -0.2) is 67.2 Å². The van der Waals surface area contributed by atoms with E-state index in [1.54, 1.807) is 7.05 Å². The topological polar surface area (TPSA) is 119 Å². The number of carbonyl (C=O) groups excluding carboxylic acids is 1. The van der Waals surface area contributed by atoms with Gasteiger partial charge < -0.3 is 25.7 Å². The molecule has 0 bridgehead atoms. The first-order chi connectivity index (χ1) is 11.3. The van der Waals surface area contributed by atoms with Crippen molar-refractivity contribution in [2.75, 3.05) is 34.2 Å². The standard InChI is InChI=1S/C16H23N3O5/c1-17-9-10-7-13(16(23)24)12(8-11(10)15(21)22)14(20)18-5-4-6-19(2)3/h7-8,17H,4-6,9H2,1-3H3,(H,18,20)(H,21,22)(H,23,24). The second-order valence-corrected chi connectivity index (χ2v) is 5.61. The highest BCUT2D eigenvalue weighted by molar-refractivity contribution is 6.07. The van der Waals surface area contributed by atoms with Crippen molar-refractivity contribution in [3.05, 3.63) is 34.4 Å². The Kier molecular flexibility index (Phi) is 7.34. The Morgan fingerprint density at radius 2 is 1.67 bits per heavy atom. The molecule has 0 saturated heterocycles. The van der Waals surface area contributed by atoms with Gasteiger partial charge in [0.25, 0.3) is 5.91 Å². The average Bonchev–Trinajstić information content (AvgIpc) is 2.50. The van der Waals surface area contributed by atoms with E-state index in [0.29, 0.717) is 18.5 Å². The molecule has 1 aromatic carbocycles. The molecule has 4 N–H and O–H groups in total. The largest absolute Gasteiger partial charge is 0.478 e. The summed E-state index contributed by atoms with van der Waals surface area (Å²) in [5, 5.41) is 24.0. The van der Waals surface area contributed by atoms with Crippen LogP contribution < -0.4 is 10.6 Å². The lowest BCUT2D eigenvalue weighted by atomic mass is 9.97. The van der Waals surface area contributed by atoms with Crippen LogP contribution in [0.15, 0.2) is 12.1 Å². The Bertz CT molecular complexity index is 628. The molecule has 0 saturated carbocycles. The fraction of sp³-hybridized carbons (Fsp3) is 0.438. The second-order valence-electron chi connectivity index (χ2n) is 5.61. The number of carbonyl (C=O) groups is 3. The Hall–Kier alpha value is -2.45. The zero-order valence-corrected chi connectivity index (χ0v) is 14.0. The van der Waals surface area contributed by atoms with E-state index in [2.05, 4.69) is 10.6 Å². The molecule has 0 radical (unpaired) electrons. The van der Waals surface area contributed by atoms with E-state index >= 15 is 0 Å². The predicted molar refractivity (Wildman–Crippen MR) is 88.6 cm³/mol. The molecule has 24 heavy (non-hydrogen) atoms. The third-order valence-corrected chi connectivity index (χ3v) is 3.38. The Morgan fingerprint density at radius 1 is 1.04 bits per heavy atom. The molecule has 0 heterocycles. The summed E-state index contributed by atoms with van der Waals surface area (Å²) in [6.07, 6.45) is 0.699. The molecule has 8 heteroatoms. The lowest BCUT2D eigenvalue weighted by molar-refractivity contribution is 0.0677. The Labute approximate surface area is 140 Å². The van der Waals surface area contributed by atoms with Crippen LogP contribution in [0.4, 0.5) is 0 Å². The van der Waals surface area contributed by atoms with Crippen LogP contribution in [0.3, 0.4) is 0 Å². The van der Waals surface area contributed by atoms with Gasteiger partial charge in [0.05, 0.1) is 16.7 Å². The maximum absolute atomic E-state index is 12.3. The number of hydrogen-bond acceptors (Lipinski definition) is 5. The molecule has 0 spiro atoms. The minimum absolute atomic E-state index is 0.0900. The zero-order chi connectivity index (χ0) is 18.3. The number of benzene rings is 1. The van der Waals surface area contributed by atoms with E-state index < -0.39 is 17.8 Å². The molecule has 0 aromatic heterocycles. The fourth-order valence-corrected chi connectivity index (χ4v) is 2.24. The molecular formula is C16H23N3O5. The lowest BCUT2D eigenvalue weighted by Crippen LogP contribution is -2.29. The molecule has 0 aliphatic carbocycles. The number of nitrogens with zero attached hydrogens (tertiary/aromatic N) is 1. The zero-order valence-electron chi connectivity index (χ0n) is 14.0. The molecule has 0 atom stereocenters. The van der Waals surface area contributed by atoms with Crippen LogP contribution in [0.2, 0.25) is 0 Å². The van der Waals surface area contributed by atoms with Crippen molar-refractivity contribution >= 4 is 17.8 Å². The molecule has 8 nitrogen and oxygen atoms in total. The molecule has 1 rings (SSSR count). The maximum Gasteiger partial charge on any atom is 0.336 e. The molecule has 1 amide bonds. The number of amides is 1. The van der Waals surface area contributed by atoms with E-state index in [9.17, 15) is 24.6 Å². The molecule has 0 fully saturated rings. The quantitative estimate of drug-likeness (QED) is 0.484. The monoisotopic (exact) mass is 337 g/mol. The summed E-state index contributed by atoms with van der Waals surface area (Å²) in [6.45, 7) is 1.33. The Morgan fingerprint density at radius 3 is 2.17 bits per heavy atom. The summed E-state index contributed by atoms with van der Waals surface area (Å²) in [5.41, 5.74) is -0.140. The minimum Gasteiger partial charge on any atom is -0.478 e. The highest BCUT2D eigenvalue weighted by Gasteiger charge is 2.22. The van der Waals surface area contributed by atoms with Crippen molar-refractivity contribution in [3.63, 3.8) is 0 Å². The van der Waals surface area contributed by atoms with Crippen LogP contribution in [0, 0.1) is 0 Å². The van der Waals surface area contributed by atoms with Gasteiger partial charge in [-0.2, -0.15) is 0 Å². The van der Waals surface area contributed by atoms with E-state index in [1.165, 1.54) is 6.07 Å². The summed E-state index contributed by atoms with van der Waals surface area (Å²) in [4.78, 5) is 37.0. The molecule has 1 aromatic rings. The first-order valence-electron chi connectivity index (χ1n) is 7.49. The molecule has 132 valence electrons. The molecular weight excluding hydrogens is 314 g/mol. The lowest BCUT2D eigenvalue weighted by Gasteiger charge is -2.13. The van der Waals surface area contributed by atoms with Crippen molar-refractivity contribution in [2.45, 2.75) is 13.0 Å². The predicted octanol–water partition coefficient (Wildman–Crippen LogP) is 0.484. The Balaban J connectivity index is 3.10. The highest BCUT2D eigenvalue weighted by Crippen LogP contribution is 2.18. The van der Waals surface area contributed by atoms with Crippen LogP contribution in [0.25, 0.3) is 0 Å². The summed E-state index contributed by atoms with van der Waals surface area (Å²) < 4.78 is 0. The van der Waals surface area contributed by atoms with Crippen molar-refractivity contribution in [2.24, 2.45) is 0 Å². The van der Waals surface area contributed by atoms with Gasteiger partial charge in [0.15, 0.2) is 0 Å². The third kappa shape index (κ3) is 5.32. The van der Waals surface area contributed by atoms with Gasteiger partial charge in [-0.15, -0.1) is 0 Å². The first kappa shape index (κ1) is 19.6. The van der Waals surface area contributed by atoms with E-state index in [4.69, 9.17) is 0 Å². The second kappa shape index (κ2) is 8.99. The van der Waals surface area contributed by atoms with Crippen LogP contribution in [0.5, 0.6) is 0 Å². The highest BCUT2D eigenvalue weighted by atomic mass is 16.4. The summed E-state index contributed by atoms with van der Waals surface area (Å²) in [7, 11) is 5.44. The summed E-state index contributed by atoms with van der Waals surface area (Å²) in [6, 6.07) is 2.36. The van der Waals surface area contributed by atoms with Crippen LogP contribution in [-0.2, 0) is 6.54 Å². The van der Waals surface area contributed by atoms with Gasteiger partial charge in [-0.1, -0.05) is 0 Å². The van der Waals surface area contributed by atoms with E-state index in [-0.39, 0.29) is 23.2 Å². The minimum atomic E-state index is -1.28. The SMILES string of the molecule is CNCc1cc(C(=O)O)c(C(=O)NCCCN(C)C)cc1C(=O)O. The van der Waals surface area contributed by atoms with Gasteiger partial charge in [-0.3, -0.25) is 4.79 Å². The average molecular weight is 337 g/mol. The van der Waals surface area contributed by atoms with Gasteiger partial charge in [-0.25, -0.2) is 9.59 Å². The summed E-state index contributed by atoms with van der Waals surface area (Å²) in [5.74, 6) is -3.08. The van der Waals surface area contributed by atoms with Crippen LogP contribution in [0.1, 0.15) is 43.1 Å². The molecule has 0 aliphatic rings. The molecule has 0 aliphatic heterocycles. The summed E-state index contributed by atoms with van der Waals surface area (Å²) >= 11 is 0. The van der Waals surface area contributed by atoms with Crippen molar-refractivity contribution < 1.29 is 24.6 Å². The molecule has 0 unspecified atom stereocenters. The number of nitrogens with one attached hydrogen (secondary N) is 2. The third-order valence-electron chi connectivity index (χ3n) is 3.38. The van der Waals surface area contributed by atoms with Gasteiger partial charge in [0.1, 0.15) is 0 Å². The van der Waals surface area contributed by atoms with E-state index in [0.717, 1.165) is 12.6 Å². The number of rotatable bonds is 9.